The topological polar surface area (TPSA) is 122 Å². The van der Waals surface area contributed by atoms with E-state index in [0.29, 0.717) is 43.5 Å². The number of rotatable bonds is 5. The van der Waals surface area contributed by atoms with E-state index in [1.165, 1.54) is 12.4 Å². The number of hydrogen-bond donors (Lipinski definition) is 1. The van der Waals surface area contributed by atoms with Gasteiger partial charge in [-0.15, -0.1) is 0 Å². The first-order valence-electron chi connectivity index (χ1n) is 10.2. The van der Waals surface area contributed by atoms with Gasteiger partial charge in [-0.3, -0.25) is 19.6 Å². The van der Waals surface area contributed by atoms with Crippen molar-refractivity contribution in [2.45, 2.75) is 18.9 Å². The molecule has 0 unspecified atom stereocenters. The third-order valence-corrected chi connectivity index (χ3v) is 5.75. The molecule has 11 nitrogen and oxygen atoms in total. The molecule has 1 aliphatic carbocycles. The first-order valence-corrected chi connectivity index (χ1v) is 10.2. The van der Waals surface area contributed by atoms with Crippen molar-refractivity contribution in [2.24, 2.45) is 7.05 Å². The summed E-state index contributed by atoms with van der Waals surface area (Å²) in [6.07, 6.45) is 5.30. The number of benzene rings is 1. The van der Waals surface area contributed by atoms with Gasteiger partial charge in [0, 0.05) is 50.9 Å². The monoisotopic (exact) mass is 422 g/mol. The molecule has 5 rings (SSSR count). The van der Waals surface area contributed by atoms with Crippen LogP contribution in [0.1, 0.15) is 23.2 Å². The molecule has 2 fully saturated rings. The zero-order chi connectivity index (χ0) is 21.5. The van der Waals surface area contributed by atoms with Crippen molar-refractivity contribution < 1.29 is 9.72 Å². The average Bonchev–Trinajstić information content (AvgIpc) is 3.53. The van der Waals surface area contributed by atoms with Crippen LogP contribution in [-0.2, 0) is 7.05 Å². The minimum Gasteiger partial charge on any atom is -0.377 e. The van der Waals surface area contributed by atoms with Crippen LogP contribution in [-0.4, -0.2) is 67.7 Å². The van der Waals surface area contributed by atoms with E-state index in [-0.39, 0.29) is 11.6 Å². The number of aromatic nitrogens is 4. The van der Waals surface area contributed by atoms with Crippen LogP contribution in [0.2, 0.25) is 0 Å². The number of nitrogens with zero attached hydrogens (tertiary/aromatic N) is 7. The predicted octanol–water partition coefficient (Wildman–Crippen LogP) is 1.81. The number of nitrogens with one attached hydrogen (secondary N) is 1. The van der Waals surface area contributed by atoms with Gasteiger partial charge in [-0.25, -0.2) is 9.97 Å². The third kappa shape index (κ3) is 3.62. The van der Waals surface area contributed by atoms with Crippen molar-refractivity contribution >= 4 is 34.1 Å². The normalized spacial score (nSPS) is 16.5. The van der Waals surface area contributed by atoms with E-state index >= 15 is 0 Å². The Morgan fingerprint density at radius 3 is 2.68 bits per heavy atom. The number of carbonyl (C=O) groups is 1. The minimum absolute atomic E-state index is 0.0589. The molecule has 1 aromatic carbocycles. The van der Waals surface area contributed by atoms with Crippen LogP contribution in [0.15, 0.2) is 30.7 Å². The highest BCUT2D eigenvalue weighted by atomic mass is 16.6. The molecule has 2 aromatic heterocycles. The second-order valence-corrected chi connectivity index (χ2v) is 7.89. The molecular weight excluding hydrogens is 400 g/mol. The Morgan fingerprint density at radius 1 is 1.19 bits per heavy atom. The highest BCUT2D eigenvalue weighted by molar-refractivity contribution is 5.96. The second-order valence-electron chi connectivity index (χ2n) is 7.89. The number of hydrogen-bond acceptors (Lipinski definition) is 8. The molecular formula is C20H22N8O3. The fourth-order valence-corrected chi connectivity index (χ4v) is 3.89. The van der Waals surface area contributed by atoms with Crippen LogP contribution < -0.4 is 10.2 Å². The summed E-state index contributed by atoms with van der Waals surface area (Å²) in [4.78, 5) is 36.6. The van der Waals surface area contributed by atoms with Crippen LogP contribution in [0.5, 0.6) is 0 Å². The molecule has 3 aromatic rings. The Kier molecular flexibility index (Phi) is 4.64. The molecule has 1 N–H and O–H groups in total. The fraction of sp³-hybridized carbons (Fsp3) is 0.400. The molecule has 0 bridgehead atoms. The van der Waals surface area contributed by atoms with E-state index in [2.05, 4.69) is 25.3 Å². The van der Waals surface area contributed by atoms with Gasteiger partial charge in [-0.1, -0.05) is 0 Å². The van der Waals surface area contributed by atoms with E-state index in [0.717, 1.165) is 29.7 Å². The Labute approximate surface area is 177 Å². The molecule has 1 aliphatic heterocycles. The number of nitro groups is 1. The molecule has 0 atom stereocenters. The van der Waals surface area contributed by atoms with Crippen LogP contribution >= 0.6 is 0 Å². The summed E-state index contributed by atoms with van der Waals surface area (Å²) in [5, 5.41) is 19.8. The van der Waals surface area contributed by atoms with Gasteiger partial charge in [-0.05, 0) is 25.0 Å². The molecule has 160 valence electrons. The van der Waals surface area contributed by atoms with E-state index < -0.39 is 4.92 Å². The van der Waals surface area contributed by atoms with E-state index in [4.69, 9.17) is 0 Å². The van der Waals surface area contributed by atoms with Crippen molar-refractivity contribution in [1.82, 2.24) is 24.6 Å². The van der Waals surface area contributed by atoms with Crippen molar-refractivity contribution in [3.63, 3.8) is 0 Å². The average molecular weight is 422 g/mol. The number of fused-ring (bicyclic) bond motifs is 1. The van der Waals surface area contributed by atoms with Crippen molar-refractivity contribution in [3.8, 4) is 0 Å². The lowest BCUT2D eigenvalue weighted by Crippen LogP contribution is -2.49. The molecule has 2 aliphatic rings. The maximum Gasteiger partial charge on any atom is 0.293 e. The van der Waals surface area contributed by atoms with Gasteiger partial charge in [-0.2, -0.15) is 5.10 Å². The lowest BCUT2D eigenvalue weighted by Gasteiger charge is -2.35. The number of nitro benzene ring substituents is 1. The Balaban J connectivity index is 1.30. The number of aryl methyl sites for hydroxylation is 1. The predicted molar refractivity (Wildman–Crippen MR) is 114 cm³/mol. The molecule has 1 saturated heterocycles. The summed E-state index contributed by atoms with van der Waals surface area (Å²) in [7, 11) is 1.83. The smallest absolute Gasteiger partial charge is 0.293 e. The van der Waals surface area contributed by atoms with Gasteiger partial charge in [0.05, 0.1) is 16.5 Å². The van der Waals surface area contributed by atoms with E-state index in [1.807, 2.05) is 7.05 Å². The molecule has 3 heterocycles. The maximum atomic E-state index is 13.0. The lowest BCUT2D eigenvalue weighted by atomic mass is 10.1. The Morgan fingerprint density at radius 2 is 1.97 bits per heavy atom. The SMILES string of the molecule is Cn1ncc2c(N3CCN(C(=O)c4ccc(NC5CC5)c([N+](=O)[O-])c4)CC3)ncnc21. The van der Waals surface area contributed by atoms with Gasteiger partial charge in [0.1, 0.15) is 17.8 Å². The van der Waals surface area contributed by atoms with Crippen LogP contribution in [0, 0.1) is 10.1 Å². The van der Waals surface area contributed by atoms with Crippen LogP contribution in [0.4, 0.5) is 17.2 Å². The maximum absolute atomic E-state index is 13.0. The molecule has 0 radical (unpaired) electrons. The van der Waals surface area contributed by atoms with Crippen LogP contribution in [0.3, 0.4) is 0 Å². The van der Waals surface area contributed by atoms with Gasteiger partial charge in [0.25, 0.3) is 11.6 Å². The summed E-state index contributed by atoms with van der Waals surface area (Å²) < 4.78 is 1.70. The molecule has 0 spiro atoms. The second kappa shape index (κ2) is 7.49. The third-order valence-electron chi connectivity index (χ3n) is 5.75. The number of piperazine rings is 1. The van der Waals surface area contributed by atoms with Crippen molar-refractivity contribution in [3.05, 3.63) is 46.4 Å². The highest BCUT2D eigenvalue weighted by Gasteiger charge is 2.28. The van der Waals surface area contributed by atoms with Gasteiger partial charge in [0.2, 0.25) is 0 Å². The first-order chi connectivity index (χ1) is 15.0. The summed E-state index contributed by atoms with van der Waals surface area (Å²) in [5.41, 5.74) is 1.50. The first kappa shape index (κ1) is 19.2. The standard InChI is InChI=1S/C20H22N8O3/c1-25-18-15(11-23-25)19(22-12-21-18)26-6-8-27(9-7-26)20(29)13-2-5-16(24-14-3-4-14)17(10-13)28(30)31/h2,5,10-12,14,24H,3-4,6-9H2,1H3. The fourth-order valence-electron chi connectivity index (χ4n) is 3.89. The Hall–Kier alpha value is -3.76. The summed E-state index contributed by atoms with van der Waals surface area (Å²) in [6.45, 7) is 2.22. The molecule has 31 heavy (non-hydrogen) atoms. The zero-order valence-corrected chi connectivity index (χ0v) is 17.1. The van der Waals surface area contributed by atoms with Gasteiger partial charge in [0.15, 0.2) is 5.65 Å². The highest BCUT2D eigenvalue weighted by Crippen LogP contribution is 2.32. The largest absolute Gasteiger partial charge is 0.377 e. The lowest BCUT2D eigenvalue weighted by molar-refractivity contribution is -0.384. The van der Waals surface area contributed by atoms with Gasteiger partial charge < -0.3 is 15.1 Å². The quantitative estimate of drug-likeness (QED) is 0.488. The van der Waals surface area contributed by atoms with E-state index in [1.54, 1.807) is 27.9 Å². The van der Waals surface area contributed by atoms with Crippen LogP contribution in [0.25, 0.3) is 11.0 Å². The van der Waals surface area contributed by atoms with E-state index in [9.17, 15) is 14.9 Å². The summed E-state index contributed by atoms with van der Waals surface area (Å²) >= 11 is 0. The summed E-state index contributed by atoms with van der Waals surface area (Å²) in [5.74, 6) is 0.603. The van der Waals surface area contributed by atoms with Crippen molar-refractivity contribution in [2.75, 3.05) is 36.4 Å². The molecule has 11 heteroatoms. The molecule has 1 saturated carbocycles. The summed E-state index contributed by atoms with van der Waals surface area (Å²) in [6, 6.07) is 4.97. The van der Waals surface area contributed by atoms with Gasteiger partial charge >= 0.3 is 0 Å². The number of amides is 1. The van der Waals surface area contributed by atoms with Crippen molar-refractivity contribution in [1.29, 1.82) is 0 Å². The molecule has 1 amide bonds. The minimum atomic E-state index is -0.437. The zero-order valence-electron chi connectivity index (χ0n) is 17.1. The number of carbonyl (C=O) groups excluding carboxylic acids is 1. The Bertz CT molecular complexity index is 1160. The number of anilines is 2.